The summed E-state index contributed by atoms with van der Waals surface area (Å²) >= 11 is 0. The molecule has 1 saturated carbocycles. The van der Waals surface area contributed by atoms with Crippen LogP contribution >= 0.6 is 0 Å². The van der Waals surface area contributed by atoms with Gasteiger partial charge in [0, 0.05) is 18.0 Å². The molecule has 0 atom stereocenters. The van der Waals surface area contributed by atoms with Crippen molar-refractivity contribution in [3.63, 3.8) is 0 Å². The number of amides is 2. The molecule has 0 saturated heterocycles. The average Bonchev–Trinajstić information content (AvgIpc) is 2.55. The number of urea groups is 1. The van der Waals surface area contributed by atoms with Gasteiger partial charge in [0.1, 0.15) is 0 Å². The van der Waals surface area contributed by atoms with Gasteiger partial charge in [-0.3, -0.25) is 0 Å². The molecule has 0 aliphatic heterocycles. The Morgan fingerprint density at radius 2 is 1.95 bits per heavy atom. The van der Waals surface area contributed by atoms with Gasteiger partial charge in [-0.05, 0) is 24.8 Å². The van der Waals surface area contributed by atoms with Gasteiger partial charge in [0.25, 0.3) is 0 Å². The SMILES string of the molecule is CNC(=O)NC1=C(C#N)C2(CCCCC2)Cc2ccccc21. The summed E-state index contributed by atoms with van der Waals surface area (Å²) in [6.45, 7) is 0. The molecule has 0 heterocycles. The van der Waals surface area contributed by atoms with Gasteiger partial charge < -0.3 is 10.6 Å². The molecule has 2 amide bonds. The van der Waals surface area contributed by atoms with Crippen molar-refractivity contribution < 1.29 is 4.79 Å². The molecule has 0 radical (unpaired) electrons. The van der Waals surface area contributed by atoms with Gasteiger partial charge in [0.15, 0.2) is 0 Å². The van der Waals surface area contributed by atoms with Crippen LogP contribution in [0.1, 0.15) is 43.2 Å². The maximum absolute atomic E-state index is 11.9. The zero-order valence-electron chi connectivity index (χ0n) is 12.9. The lowest BCUT2D eigenvalue weighted by Crippen LogP contribution is -2.39. The minimum absolute atomic E-state index is 0.0995. The molecule has 0 bridgehead atoms. The first-order valence-corrected chi connectivity index (χ1v) is 7.92. The number of hydrogen-bond donors (Lipinski definition) is 2. The first-order valence-electron chi connectivity index (χ1n) is 7.92. The van der Waals surface area contributed by atoms with E-state index in [0.29, 0.717) is 5.70 Å². The van der Waals surface area contributed by atoms with Crippen LogP contribution in [0.25, 0.3) is 5.70 Å². The van der Waals surface area contributed by atoms with E-state index >= 15 is 0 Å². The number of carbonyl (C=O) groups excluding carboxylic acids is 1. The van der Waals surface area contributed by atoms with E-state index in [0.717, 1.165) is 43.2 Å². The van der Waals surface area contributed by atoms with E-state index in [-0.39, 0.29) is 11.4 Å². The third-order valence-corrected chi connectivity index (χ3v) is 4.98. The molecule has 1 fully saturated rings. The quantitative estimate of drug-likeness (QED) is 0.834. The van der Waals surface area contributed by atoms with Crippen LogP contribution in [0.2, 0.25) is 0 Å². The predicted molar refractivity (Wildman–Crippen MR) is 85.8 cm³/mol. The fraction of sp³-hybridized carbons (Fsp3) is 0.444. The topological polar surface area (TPSA) is 64.9 Å². The van der Waals surface area contributed by atoms with Gasteiger partial charge in [0.2, 0.25) is 0 Å². The van der Waals surface area contributed by atoms with Crippen molar-refractivity contribution in [1.82, 2.24) is 10.6 Å². The van der Waals surface area contributed by atoms with Crippen LogP contribution in [0.3, 0.4) is 0 Å². The van der Waals surface area contributed by atoms with Crippen LogP contribution < -0.4 is 10.6 Å². The number of hydrogen-bond acceptors (Lipinski definition) is 2. The second-order valence-electron chi connectivity index (χ2n) is 6.24. The summed E-state index contributed by atoms with van der Waals surface area (Å²) in [5.41, 5.74) is 3.58. The van der Waals surface area contributed by atoms with Gasteiger partial charge in [-0.25, -0.2) is 4.79 Å². The van der Waals surface area contributed by atoms with E-state index in [1.165, 1.54) is 12.0 Å². The van der Waals surface area contributed by atoms with Crippen molar-refractivity contribution in [3.8, 4) is 6.07 Å². The summed E-state index contributed by atoms with van der Waals surface area (Å²) in [5, 5.41) is 15.3. The Labute approximate surface area is 131 Å². The normalized spacial score (nSPS) is 19.3. The summed E-state index contributed by atoms with van der Waals surface area (Å²) in [5.74, 6) is 0. The van der Waals surface area contributed by atoms with E-state index in [1.54, 1.807) is 7.05 Å². The zero-order chi connectivity index (χ0) is 15.6. The maximum Gasteiger partial charge on any atom is 0.319 e. The standard InChI is InChI=1S/C18H21N3O/c1-20-17(22)21-16-14-8-4-3-7-13(14)11-18(15(16)12-19)9-5-2-6-10-18/h3-4,7-8H,2,5-6,9-11H2,1H3,(H2,20,21,22). The van der Waals surface area contributed by atoms with Crippen molar-refractivity contribution in [2.24, 2.45) is 5.41 Å². The van der Waals surface area contributed by atoms with E-state index < -0.39 is 0 Å². The summed E-state index contributed by atoms with van der Waals surface area (Å²) in [6, 6.07) is 10.2. The van der Waals surface area contributed by atoms with Gasteiger partial charge in [-0.2, -0.15) is 5.26 Å². The highest BCUT2D eigenvalue weighted by molar-refractivity contribution is 5.89. The molecular formula is C18H21N3O. The Hall–Kier alpha value is -2.28. The van der Waals surface area contributed by atoms with E-state index in [9.17, 15) is 10.1 Å². The van der Waals surface area contributed by atoms with Gasteiger partial charge in [-0.15, -0.1) is 0 Å². The highest BCUT2D eigenvalue weighted by atomic mass is 16.2. The van der Waals surface area contributed by atoms with Gasteiger partial charge >= 0.3 is 6.03 Å². The minimum Gasteiger partial charge on any atom is -0.341 e. The lowest BCUT2D eigenvalue weighted by molar-refractivity contribution is 0.238. The fourth-order valence-electron chi connectivity index (χ4n) is 3.91. The lowest BCUT2D eigenvalue weighted by Gasteiger charge is -2.41. The molecule has 3 rings (SSSR count). The van der Waals surface area contributed by atoms with Crippen LogP contribution in [0, 0.1) is 16.7 Å². The minimum atomic E-state index is -0.273. The van der Waals surface area contributed by atoms with Crippen molar-refractivity contribution in [1.29, 1.82) is 5.26 Å². The first-order chi connectivity index (χ1) is 10.7. The van der Waals surface area contributed by atoms with Crippen molar-refractivity contribution in [2.75, 3.05) is 7.05 Å². The van der Waals surface area contributed by atoms with Crippen molar-refractivity contribution in [3.05, 3.63) is 41.0 Å². The van der Waals surface area contributed by atoms with Gasteiger partial charge in [0.05, 0.1) is 17.3 Å². The molecule has 4 heteroatoms. The Kier molecular flexibility index (Phi) is 3.89. The Bertz CT molecular complexity index is 663. The molecule has 2 aliphatic carbocycles. The summed E-state index contributed by atoms with van der Waals surface area (Å²) in [7, 11) is 1.59. The third-order valence-electron chi connectivity index (χ3n) is 4.98. The number of rotatable bonds is 1. The number of allylic oxidation sites excluding steroid dienone is 1. The second kappa shape index (κ2) is 5.84. The van der Waals surface area contributed by atoms with Crippen LogP contribution in [-0.2, 0) is 6.42 Å². The van der Waals surface area contributed by atoms with Crippen LogP contribution in [0.4, 0.5) is 4.79 Å². The predicted octanol–water partition coefficient (Wildman–Crippen LogP) is 3.36. The zero-order valence-corrected chi connectivity index (χ0v) is 12.9. The second-order valence-corrected chi connectivity index (χ2v) is 6.24. The first kappa shape index (κ1) is 14.6. The van der Waals surface area contributed by atoms with Crippen LogP contribution in [-0.4, -0.2) is 13.1 Å². The largest absolute Gasteiger partial charge is 0.341 e. The molecule has 4 nitrogen and oxygen atoms in total. The average molecular weight is 295 g/mol. The number of nitrogens with one attached hydrogen (secondary N) is 2. The van der Waals surface area contributed by atoms with Crippen LogP contribution in [0.5, 0.6) is 0 Å². The smallest absolute Gasteiger partial charge is 0.319 e. The molecular weight excluding hydrogens is 274 g/mol. The monoisotopic (exact) mass is 295 g/mol. The molecule has 2 N–H and O–H groups in total. The molecule has 1 aromatic carbocycles. The molecule has 1 spiro atoms. The highest BCUT2D eigenvalue weighted by Crippen LogP contribution is 2.50. The fourth-order valence-corrected chi connectivity index (χ4v) is 3.91. The van der Waals surface area contributed by atoms with E-state index in [4.69, 9.17) is 0 Å². The lowest BCUT2D eigenvalue weighted by atomic mass is 9.62. The van der Waals surface area contributed by atoms with E-state index in [1.807, 2.05) is 18.2 Å². The molecule has 0 unspecified atom stereocenters. The Morgan fingerprint density at radius 3 is 2.64 bits per heavy atom. The number of carbonyl (C=O) groups is 1. The highest BCUT2D eigenvalue weighted by Gasteiger charge is 2.42. The summed E-state index contributed by atoms with van der Waals surface area (Å²) in [6.07, 6.45) is 6.51. The number of benzene rings is 1. The maximum atomic E-state index is 11.9. The number of fused-ring (bicyclic) bond motifs is 1. The van der Waals surface area contributed by atoms with Gasteiger partial charge in [-0.1, -0.05) is 43.5 Å². The van der Waals surface area contributed by atoms with Crippen molar-refractivity contribution >= 4 is 11.7 Å². The molecule has 22 heavy (non-hydrogen) atoms. The number of nitriles is 1. The molecule has 0 aromatic heterocycles. The summed E-state index contributed by atoms with van der Waals surface area (Å²) < 4.78 is 0. The summed E-state index contributed by atoms with van der Waals surface area (Å²) in [4.78, 5) is 11.9. The van der Waals surface area contributed by atoms with Crippen LogP contribution in [0.15, 0.2) is 29.8 Å². The number of nitrogens with zero attached hydrogens (tertiary/aromatic N) is 1. The molecule has 2 aliphatic rings. The molecule has 1 aromatic rings. The Balaban J connectivity index is 2.15. The van der Waals surface area contributed by atoms with E-state index in [2.05, 4.69) is 22.8 Å². The van der Waals surface area contributed by atoms with Crippen molar-refractivity contribution in [2.45, 2.75) is 38.5 Å². The third kappa shape index (κ3) is 2.37. The Morgan fingerprint density at radius 1 is 1.23 bits per heavy atom. The molecule has 114 valence electrons.